The zero-order valence-electron chi connectivity index (χ0n) is 10.2. The highest BCUT2D eigenvalue weighted by molar-refractivity contribution is 5.13. The van der Waals surface area contributed by atoms with Crippen molar-refractivity contribution in [3.63, 3.8) is 0 Å². The van der Waals surface area contributed by atoms with Crippen molar-refractivity contribution in [3.05, 3.63) is 17.5 Å². The van der Waals surface area contributed by atoms with Gasteiger partial charge in [-0.05, 0) is 38.9 Å². The van der Waals surface area contributed by atoms with Gasteiger partial charge < -0.3 is 4.90 Å². The fourth-order valence-corrected chi connectivity index (χ4v) is 2.37. The smallest absolute Gasteiger partial charge is 0.0661 e. The van der Waals surface area contributed by atoms with E-state index in [1.165, 1.54) is 18.7 Å². The topological polar surface area (TPSA) is 21.1 Å². The van der Waals surface area contributed by atoms with Crippen molar-refractivity contribution >= 4 is 0 Å². The third-order valence-electron chi connectivity index (χ3n) is 3.19. The lowest BCUT2D eigenvalue weighted by Crippen LogP contribution is -2.19. The monoisotopic (exact) mass is 207 g/mol. The summed E-state index contributed by atoms with van der Waals surface area (Å²) in [7, 11) is 2.19. The van der Waals surface area contributed by atoms with Gasteiger partial charge in [0, 0.05) is 12.2 Å². The summed E-state index contributed by atoms with van der Waals surface area (Å²) in [5.74, 6) is 0.567. The van der Waals surface area contributed by atoms with E-state index in [0.29, 0.717) is 12.0 Å². The molecule has 1 fully saturated rings. The van der Waals surface area contributed by atoms with E-state index in [1.807, 2.05) is 0 Å². The van der Waals surface area contributed by atoms with Crippen LogP contribution in [0.4, 0.5) is 0 Å². The Morgan fingerprint density at radius 1 is 1.47 bits per heavy atom. The Bertz CT molecular complexity index is 341. The van der Waals surface area contributed by atoms with Crippen LogP contribution in [0.5, 0.6) is 0 Å². The van der Waals surface area contributed by atoms with E-state index in [2.05, 4.69) is 48.6 Å². The van der Waals surface area contributed by atoms with Crippen molar-refractivity contribution in [2.24, 2.45) is 0 Å². The molecule has 0 bridgehead atoms. The normalized spacial score (nSPS) is 22.9. The van der Waals surface area contributed by atoms with Crippen molar-refractivity contribution in [1.82, 2.24) is 14.7 Å². The summed E-state index contributed by atoms with van der Waals surface area (Å²) >= 11 is 0. The molecule has 1 atom stereocenters. The molecule has 3 nitrogen and oxygen atoms in total. The first kappa shape index (κ1) is 10.7. The molecule has 2 rings (SSSR count). The first-order valence-corrected chi connectivity index (χ1v) is 5.82. The number of hydrogen-bond donors (Lipinski definition) is 0. The first-order chi connectivity index (χ1) is 7.08. The highest BCUT2D eigenvalue weighted by Crippen LogP contribution is 2.25. The van der Waals surface area contributed by atoms with Gasteiger partial charge in [-0.3, -0.25) is 4.68 Å². The molecule has 3 heteroatoms. The SMILES string of the molecule is Cc1cc(C(C)C)n(C2CCN(C)C2)n1. The molecule has 0 radical (unpaired) electrons. The molecule has 15 heavy (non-hydrogen) atoms. The minimum Gasteiger partial charge on any atom is -0.304 e. The molecule has 0 saturated carbocycles. The first-order valence-electron chi connectivity index (χ1n) is 5.82. The van der Waals surface area contributed by atoms with Crippen LogP contribution in [0.2, 0.25) is 0 Å². The molecule has 0 spiro atoms. The van der Waals surface area contributed by atoms with E-state index < -0.39 is 0 Å². The van der Waals surface area contributed by atoms with Crippen LogP contribution in [0.1, 0.15) is 43.6 Å². The second kappa shape index (κ2) is 3.97. The zero-order valence-corrected chi connectivity index (χ0v) is 10.2. The highest BCUT2D eigenvalue weighted by atomic mass is 15.3. The van der Waals surface area contributed by atoms with Crippen molar-refractivity contribution in [3.8, 4) is 0 Å². The Kier molecular flexibility index (Phi) is 2.83. The van der Waals surface area contributed by atoms with E-state index in [0.717, 1.165) is 12.2 Å². The Morgan fingerprint density at radius 3 is 2.73 bits per heavy atom. The Hall–Kier alpha value is -0.830. The molecule has 2 heterocycles. The maximum absolute atomic E-state index is 4.64. The molecule has 1 aliphatic heterocycles. The average molecular weight is 207 g/mol. The van der Waals surface area contributed by atoms with Crippen LogP contribution in [0, 0.1) is 6.92 Å². The summed E-state index contributed by atoms with van der Waals surface area (Å²) in [5, 5.41) is 4.64. The summed E-state index contributed by atoms with van der Waals surface area (Å²) in [6.07, 6.45) is 1.23. The molecule has 84 valence electrons. The van der Waals surface area contributed by atoms with E-state index in [1.54, 1.807) is 0 Å². The van der Waals surface area contributed by atoms with Crippen LogP contribution >= 0.6 is 0 Å². The summed E-state index contributed by atoms with van der Waals surface area (Å²) < 4.78 is 2.25. The van der Waals surface area contributed by atoms with Gasteiger partial charge in [0.05, 0.1) is 11.7 Å². The lowest BCUT2D eigenvalue weighted by atomic mass is 10.1. The predicted molar refractivity (Wildman–Crippen MR) is 62.2 cm³/mol. The maximum Gasteiger partial charge on any atom is 0.0661 e. The number of rotatable bonds is 2. The van der Waals surface area contributed by atoms with Gasteiger partial charge in [0.25, 0.3) is 0 Å². The Balaban J connectivity index is 2.26. The summed E-state index contributed by atoms with van der Waals surface area (Å²) in [6, 6.07) is 2.81. The molecule has 1 unspecified atom stereocenters. The minimum absolute atomic E-state index is 0.567. The number of aromatic nitrogens is 2. The lowest BCUT2D eigenvalue weighted by molar-refractivity contribution is 0.375. The highest BCUT2D eigenvalue weighted by Gasteiger charge is 2.24. The van der Waals surface area contributed by atoms with Crippen molar-refractivity contribution in [2.45, 2.75) is 39.2 Å². The molecular formula is C12H21N3. The summed E-state index contributed by atoms with van der Waals surface area (Å²) in [5.41, 5.74) is 2.53. The average Bonchev–Trinajstić information content (AvgIpc) is 2.71. The van der Waals surface area contributed by atoms with Gasteiger partial charge in [0.15, 0.2) is 0 Å². The molecule has 1 aromatic heterocycles. The summed E-state index contributed by atoms with van der Waals surface area (Å²) in [4.78, 5) is 2.38. The second-order valence-electron chi connectivity index (χ2n) is 5.01. The van der Waals surface area contributed by atoms with E-state index in [-0.39, 0.29) is 0 Å². The minimum atomic E-state index is 0.567. The molecular weight excluding hydrogens is 186 g/mol. The van der Waals surface area contributed by atoms with E-state index in [9.17, 15) is 0 Å². The fraction of sp³-hybridized carbons (Fsp3) is 0.750. The Labute approximate surface area is 92.1 Å². The van der Waals surface area contributed by atoms with Gasteiger partial charge in [-0.15, -0.1) is 0 Å². The maximum atomic E-state index is 4.64. The molecule has 0 aromatic carbocycles. The lowest BCUT2D eigenvalue weighted by Gasteiger charge is -2.16. The van der Waals surface area contributed by atoms with Crippen LogP contribution in [0.25, 0.3) is 0 Å². The molecule has 0 amide bonds. The standard InChI is InChI=1S/C12H21N3/c1-9(2)12-7-10(3)13-15(12)11-5-6-14(4)8-11/h7,9,11H,5-6,8H2,1-4H3. The predicted octanol–water partition coefficient (Wildman–Crippen LogP) is 2.19. The number of likely N-dealkylation sites (N-methyl/N-ethyl adjacent to an activating group) is 1. The van der Waals surface area contributed by atoms with Crippen molar-refractivity contribution < 1.29 is 0 Å². The van der Waals surface area contributed by atoms with Crippen LogP contribution in [-0.2, 0) is 0 Å². The van der Waals surface area contributed by atoms with Gasteiger partial charge in [0.1, 0.15) is 0 Å². The molecule has 0 N–H and O–H groups in total. The third kappa shape index (κ3) is 2.07. The van der Waals surface area contributed by atoms with Crippen LogP contribution in [0.3, 0.4) is 0 Å². The third-order valence-corrected chi connectivity index (χ3v) is 3.19. The van der Waals surface area contributed by atoms with Gasteiger partial charge in [-0.25, -0.2) is 0 Å². The van der Waals surface area contributed by atoms with E-state index in [4.69, 9.17) is 0 Å². The Morgan fingerprint density at radius 2 is 2.20 bits per heavy atom. The number of aryl methyl sites for hydroxylation is 1. The summed E-state index contributed by atoms with van der Waals surface area (Å²) in [6.45, 7) is 8.90. The largest absolute Gasteiger partial charge is 0.304 e. The van der Waals surface area contributed by atoms with Crippen LogP contribution in [-0.4, -0.2) is 34.8 Å². The number of likely N-dealkylation sites (tertiary alicyclic amines) is 1. The zero-order chi connectivity index (χ0) is 11.0. The molecule has 0 aliphatic carbocycles. The van der Waals surface area contributed by atoms with Gasteiger partial charge in [-0.2, -0.15) is 5.10 Å². The second-order valence-corrected chi connectivity index (χ2v) is 5.01. The molecule has 1 aliphatic rings. The van der Waals surface area contributed by atoms with Crippen molar-refractivity contribution in [1.29, 1.82) is 0 Å². The van der Waals surface area contributed by atoms with Gasteiger partial charge >= 0.3 is 0 Å². The van der Waals surface area contributed by atoms with Crippen molar-refractivity contribution in [2.75, 3.05) is 20.1 Å². The quantitative estimate of drug-likeness (QED) is 0.741. The van der Waals surface area contributed by atoms with Crippen LogP contribution in [0.15, 0.2) is 6.07 Å². The van der Waals surface area contributed by atoms with E-state index >= 15 is 0 Å². The van der Waals surface area contributed by atoms with Gasteiger partial charge in [-0.1, -0.05) is 13.8 Å². The van der Waals surface area contributed by atoms with Gasteiger partial charge in [0.2, 0.25) is 0 Å². The molecule has 1 saturated heterocycles. The van der Waals surface area contributed by atoms with Crippen LogP contribution < -0.4 is 0 Å². The molecule has 1 aromatic rings. The fourth-order valence-electron chi connectivity index (χ4n) is 2.37. The number of nitrogens with zero attached hydrogens (tertiary/aromatic N) is 3. The number of hydrogen-bond acceptors (Lipinski definition) is 2.